The van der Waals surface area contributed by atoms with Crippen molar-refractivity contribution in [1.82, 2.24) is 9.80 Å². The van der Waals surface area contributed by atoms with E-state index in [1.807, 2.05) is 29.2 Å². The van der Waals surface area contributed by atoms with Crippen LogP contribution in [-0.2, 0) is 6.54 Å². The van der Waals surface area contributed by atoms with Gasteiger partial charge in [0, 0.05) is 42.7 Å². The molecule has 2 aromatic rings. The number of aliphatic hydroxyl groups is 1. The van der Waals surface area contributed by atoms with E-state index in [1.54, 1.807) is 13.8 Å². The highest BCUT2D eigenvalue weighted by molar-refractivity contribution is 5.94. The lowest BCUT2D eigenvalue weighted by Gasteiger charge is -2.40. The second kappa shape index (κ2) is 9.10. The summed E-state index contributed by atoms with van der Waals surface area (Å²) in [5.74, 6) is 5.89. The number of rotatable bonds is 3. The third-order valence-electron chi connectivity index (χ3n) is 6.60. The van der Waals surface area contributed by atoms with Gasteiger partial charge in [-0.25, -0.2) is 0 Å². The normalized spacial score (nSPS) is 21.4. The number of carbonyl (C=O) groups excluding carboxylic acids is 1. The van der Waals surface area contributed by atoms with Crippen molar-refractivity contribution in [2.24, 2.45) is 5.41 Å². The molecule has 168 valence electrons. The van der Waals surface area contributed by atoms with E-state index in [0.29, 0.717) is 5.56 Å². The van der Waals surface area contributed by atoms with Gasteiger partial charge in [-0.15, -0.1) is 0 Å². The Labute approximate surface area is 192 Å². The van der Waals surface area contributed by atoms with E-state index >= 15 is 0 Å². The summed E-state index contributed by atoms with van der Waals surface area (Å²) in [6.07, 6.45) is 3.48. The topological polar surface area (TPSA) is 43.8 Å². The minimum absolute atomic E-state index is 0.111. The first kappa shape index (κ1) is 22.6. The summed E-state index contributed by atoms with van der Waals surface area (Å²) in [5.41, 5.74) is 3.40. The number of nitrogens with zero attached hydrogens (tertiary/aromatic N) is 2. The van der Waals surface area contributed by atoms with Gasteiger partial charge in [-0.05, 0) is 76.4 Å². The summed E-state index contributed by atoms with van der Waals surface area (Å²) in [7, 11) is 0. The third-order valence-corrected chi connectivity index (χ3v) is 6.60. The number of piperidine rings is 1. The van der Waals surface area contributed by atoms with Crippen molar-refractivity contribution >= 4 is 5.91 Å². The predicted octanol–water partition coefficient (Wildman–Crippen LogP) is 4.25. The van der Waals surface area contributed by atoms with Crippen LogP contribution < -0.4 is 0 Å². The van der Waals surface area contributed by atoms with Gasteiger partial charge < -0.3 is 10.0 Å². The van der Waals surface area contributed by atoms with Crippen LogP contribution in [0.15, 0.2) is 48.5 Å². The molecule has 2 heterocycles. The number of hydrogen-bond acceptors (Lipinski definition) is 3. The van der Waals surface area contributed by atoms with Crippen LogP contribution in [0.2, 0.25) is 0 Å². The lowest BCUT2D eigenvalue weighted by atomic mass is 9.79. The van der Waals surface area contributed by atoms with Crippen molar-refractivity contribution in [3.8, 4) is 11.8 Å². The average molecular weight is 431 g/mol. The molecule has 1 atom stereocenters. The molecule has 0 radical (unpaired) electrons. The van der Waals surface area contributed by atoms with Crippen LogP contribution in [0.5, 0.6) is 0 Å². The molecule has 2 aromatic carbocycles. The lowest BCUT2D eigenvalue weighted by molar-refractivity contribution is 0.0675. The Morgan fingerprint density at radius 2 is 1.88 bits per heavy atom. The van der Waals surface area contributed by atoms with Crippen LogP contribution in [0.1, 0.15) is 60.2 Å². The van der Waals surface area contributed by atoms with E-state index in [-0.39, 0.29) is 11.3 Å². The van der Waals surface area contributed by atoms with E-state index in [1.165, 1.54) is 24.0 Å². The molecule has 0 aromatic heterocycles. The zero-order valence-corrected chi connectivity index (χ0v) is 19.5. The Morgan fingerprint density at radius 1 is 1.09 bits per heavy atom. The molecule has 0 bridgehead atoms. The number of likely N-dealkylation sites (tertiary alicyclic amines) is 2. The molecule has 32 heavy (non-hydrogen) atoms. The highest BCUT2D eigenvalue weighted by Crippen LogP contribution is 2.39. The Hall–Kier alpha value is -2.61. The molecule has 2 fully saturated rings. The fourth-order valence-electron chi connectivity index (χ4n) is 5.06. The minimum atomic E-state index is -1.02. The fraction of sp³-hybridized carbons (Fsp3) is 0.464. The van der Waals surface area contributed by atoms with Gasteiger partial charge in [0.15, 0.2) is 0 Å². The van der Waals surface area contributed by atoms with Gasteiger partial charge in [0.25, 0.3) is 5.91 Å². The molecular weight excluding hydrogens is 396 g/mol. The second-order valence-corrected chi connectivity index (χ2v) is 10.2. The van der Waals surface area contributed by atoms with Crippen molar-refractivity contribution < 1.29 is 9.90 Å². The Kier molecular flexibility index (Phi) is 6.42. The van der Waals surface area contributed by atoms with Gasteiger partial charge in [0.2, 0.25) is 0 Å². The number of carbonyl (C=O) groups is 1. The molecule has 1 amide bonds. The molecule has 0 saturated carbocycles. The van der Waals surface area contributed by atoms with Gasteiger partial charge in [-0.2, -0.15) is 0 Å². The van der Waals surface area contributed by atoms with E-state index in [2.05, 4.69) is 47.9 Å². The van der Waals surface area contributed by atoms with Crippen molar-refractivity contribution in [3.05, 3.63) is 70.8 Å². The van der Waals surface area contributed by atoms with Crippen molar-refractivity contribution in [1.29, 1.82) is 0 Å². The maximum atomic E-state index is 13.1. The first-order valence-electron chi connectivity index (χ1n) is 11.6. The Morgan fingerprint density at radius 3 is 2.59 bits per heavy atom. The van der Waals surface area contributed by atoms with Crippen molar-refractivity contribution in [3.63, 3.8) is 0 Å². The number of aryl methyl sites for hydroxylation is 1. The lowest BCUT2D eigenvalue weighted by Crippen LogP contribution is -2.45. The highest BCUT2D eigenvalue weighted by Gasteiger charge is 2.42. The SMILES string of the molecule is Cc1cccc(CN2CCC[C@@]3(CCN(C(=O)c4ccc(C#CC(C)(C)O)cc4)C3)C2)c1. The average Bonchev–Trinajstić information content (AvgIpc) is 3.14. The zero-order chi connectivity index (χ0) is 22.8. The molecule has 1 N–H and O–H groups in total. The van der Waals surface area contributed by atoms with Crippen LogP contribution in [0.25, 0.3) is 0 Å². The van der Waals surface area contributed by atoms with Crippen LogP contribution in [0.3, 0.4) is 0 Å². The number of benzene rings is 2. The summed E-state index contributed by atoms with van der Waals surface area (Å²) in [4.78, 5) is 17.8. The van der Waals surface area contributed by atoms with Crippen molar-refractivity contribution in [2.45, 2.75) is 52.2 Å². The minimum Gasteiger partial charge on any atom is -0.378 e. The van der Waals surface area contributed by atoms with Crippen LogP contribution in [0, 0.1) is 24.2 Å². The van der Waals surface area contributed by atoms with Gasteiger partial charge in [0.05, 0.1) is 0 Å². The molecule has 4 rings (SSSR count). The van der Waals surface area contributed by atoms with Gasteiger partial charge in [-0.1, -0.05) is 41.7 Å². The molecule has 2 aliphatic heterocycles. The molecule has 2 aliphatic rings. The fourth-order valence-corrected chi connectivity index (χ4v) is 5.06. The standard InChI is InChI=1S/C28H34N2O2/c1-22-6-4-7-24(18-22)19-29-16-5-13-28(20-29)15-17-30(21-28)26(31)25-10-8-23(9-11-25)12-14-27(2,3)32/h4,6-11,18,32H,5,13,15-17,19-21H2,1-3H3/t28-/m1/s1. The molecule has 4 heteroatoms. The summed E-state index contributed by atoms with van der Waals surface area (Å²) in [6.45, 7) is 10.3. The molecule has 1 spiro atoms. The first-order valence-corrected chi connectivity index (χ1v) is 11.6. The summed E-state index contributed by atoms with van der Waals surface area (Å²) >= 11 is 0. The summed E-state index contributed by atoms with van der Waals surface area (Å²) in [6, 6.07) is 16.2. The van der Waals surface area contributed by atoms with Crippen LogP contribution in [0.4, 0.5) is 0 Å². The maximum Gasteiger partial charge on any atom is 0.253 e. The second-order valence-electron chi connectivity index (χ2n) is 10.2. The Bertz CT molecular complexity index is 1030. The third kappa shape index (κ3) is 5.59. The summed E-state index contributed by atoms with van der Waals surface area (Å²) < 4.78 is 0. The van der Waals surface area contributed by atoms with Crippen molar-refractivity contribution in [2.75, 3.05) is 26.2 Å². The number of hydrogen-bond donors (Lipinski definition) is 1. The Balaban J connectivity index is 1.38. The largest absolute Gasteiger partial charge is 0.378 e. The highest BCUT2D eigenvalue weighted by atomic mass is 16.3. The number of amides is 1. The predicted molar refractivity (Wildman–Crippen MR) is 128 cm³/mol. The van der Waals surface area contributed by atoms with Crippen LogP contribution in [-0.4, -0.2) is 52.6 Å². The monoisotopic (exact) mass is 430 g/mol. The van der Waals surface area contributed by atoms with E-state index in [4.69, 9.17) is 0 Å². The van der Waals surface area contributed by atoms with Crippen LogP contribution >= 0.6 is 0 Å². The van der Waals surface area contributed by atoms with Gasteiger partial charge in [0.1, 0.15) is 5.60 Å². The molecule has 0 aliphatic carbocycles. The molecule has 4 nitrogen and oxygen atoms in total. The molecular formula is C28H34N2O2. The summed E-state index contributed by atoms with van der Waals surface area (Å²) in [5, 5.41) is 9.76. The van der Waals surface area contributed by atoms with E-state index in [9.17, 15) is 9.90 Å². The first-order chi connectivity index (χ1) is 15.2. The maximum absolute atomic E-state index is 13.1. The quantitative estimate of drug-likeness (QED) is 0.741. The smallest absolute Gasteiger partial charge is 0.253 e. The van der Waals surface area contributed by atoms with E-state index in [0.717, 1.165) is 44.7 Å². The van der Waals surface area contributed by atoms with E-state index < -0.39 is 5.60 Å². The zero-order valence-electron chi connectivity index (χ0n) is 19.5. The molecule has 0 unspecified atom stereocenters. The van der Waals surface area contributed by atoms with Gasteiger partial charge >= 0.3 is 0 Å². The molecule has 2 saturated heterocycles. The van der Waals surface area contributed by atoms with Gasteiger partial charge in [-0.3, -0.25) is 9.69 Å².